The number of nitrogen functional groups attached to an aromatic ring is 1. The molecule has 3 N–H and O–H groups in total. The summed E-state index contributed by atoms with van der Waals surface area (Å²) in [4.78, 5) is 43.3. The van der Waals surface area contributed by atoms with Crippen molar-refractivity contribution in [2.75, 3.05) is 10.7 Å². The van der Waals surface area contributed by atoms with Crippen molar-refractivity contribution in [1.82, 2.24) is 9.97 Å². The van der Waals surface area contributed by atoms with Gasteiger partial charge in [0.25, 0.3) is 0 Å². The Morgan fingerprint density at radius 2 is 1.67 bits per heavy atom. The van der Waals surface area contributed by atoms with Crippen LogP contribution in [0.3, 0.4) is 0 Å². The van der Waals surface area contributed by atoms with Crippen molar-refractivity contribution < 1.29 is 24.4 Å². The summed E-state index contributed by atoms with van der Waals surface area (Å²) in [6.07, 6.45) is 9.92. The number of Topliss-reactive ketones (excluding diaryl/α,β-unsaturated/α-hetero) is 1. The van der Waals surface area contributed by atoms with E-state index in [9.17, 15) is 14.4 Å². The number of hydrogen-bond acceptors (Lipinski definition) is 10. The van der Waals surface area contributed by atoms with Crippen LogP contribution in [0.15, 0.2) is 17.7 Å². The maximum absolute atomic E-state index is 10.7. The number of ketones is 2. The summed E-state index contributed by atoms with van der Waals surface area (Å²) in [5, 5.41) is 26.5. The van der Waals surface area contributed by atoms with E-state index in [1.54, 1.807) is 11.6 Å². The van der Waals surface area contributed by atoms with Crippen molar-refractivity contribution in [2.45, 2.75) is 82.9 Å². The minimum atomic E-state index is -0.715. The predicted octanol–water partition coefficient (Wildman–Crippen LogP) is 9.67. The van der Waals surface area contributed by atoms with Gasteiger partial charge in [-0.1, -0.05) is 59.5 Å². The van der Waals surface area contributed by atoms with Crippen molar-refractivity contribution in [2.24, 2.45) is 5.92 Å². The molecule has 6 rings (SSSR count). The third-order valence-corrected chi connectivity index (χ3v) is 9.41. The number of aromatic nitrogens is 2. The summed E-state index contributed by atoms with van der Waals surface area (Å²) in [6, 6.07) is 4.32. The fourth-order valence-corrected chi connectivity index (χ4v) is 6.76. The molecule has 0 aliphatic heterocycles. The molecule has 2 heterocycles. The number of rotatable bonds is 1. The number of carboxylic acids is 1. The number of thiazole rings is 2. The van der Waals surface area contributed by atoms with E-state index in [1.165, 1.54) is 22.7 Å². The summed E-state index contributed by atoms with van der Waals surface area (Å²) in [5.41, 5.74) is 9.25. The van der Waals surface area contributed by atoms with Crippen LogP contribution < -0.4 is 5.73 Å². The van der Waals surface area contributed by atoms with Crippen LogP contribution in [0.5, 0.6) is 0 Å². The Hall–Kier alpha value is 0.574. The molecule has 4 aliphatic carbocycles. The zero-order valence-corrected chi connectivity index (χ0v) is 36.1. The van der Waals surface area contributed by atoms with E-state index in [4.69, 9.17) is 21.4 Å². The number of carbonyl (C=O) groups is 3. The minimum absolute atomic E-state index is 0. The van der Waals surface area contributed by atoms with Crippen molar-refractivity contribution >= 4 is 144 Å². The van der Waals surface area contributed by atoms with Gasteiger partial charge in [-0.3, -0.25) is 14.4 Å². The second-order valence-corrected chi connectivity index (χ2v) is 47.2. The van der Waals surface area contributed by atoms with E-state index in [0.717, 1.165) is 66.1 Å². The van der Waals surface area contributed by atoms with Gasteiger partial charge in [-0.25, -0.2) is 9.97 Å². The number of carboxylic acid groups (broad SMARTS) is 1. The Morgan fingerprint density at radius 3 is 2.09 bits per heavy atom. The third kappa shape index (κ3) is 17.2. The number of anilines is 1. The number of allylic oxidation sites excluding steroid dienone is 2. The number of nitriles is 2. The Morgan fingerprint density at radius 1 is 1.04 bits per heavy atom. The van der Waals surface area contributed by atoms with Crippen LogP contribution in [0.4, 0.5) is 5.13 Å². The van der Waals surface area contributed by atoms with Gasteiger partial charge in [-0.2, -0.15) is 10.5 Å². The summed E-state index contributed by atoms with van der Waals surface area (Å²) in [5.74, 6) is -0.584. The number of fused-ring (bicyclic) bond motifs is 2. The maximum atomic E-state index is 10.7. The van der Waals surface area contributed by atoms with Crippen molar-refractivity contribution in [3.05, 3.63) is 38.8 Å². The number of alkyl halides is 2. The standard InChI is InChI=1S/C7H7N3S.C7H7NO2S.C6H6BrNO.C5H6O.CH3I.2CH4.3HI.V/c8-3-4-1-2-5-6(4)11-7(9)10-5;9-7(10)4-1-2-5-6(4)11-3-8-5;7-6-4(3-8)1-2-5(6)9;6-5-3-1-2-4-5;1-2;;;;;;/h4H,1-2H2,(H2,9,10);3-4H,1-2H2,(H,9,10);4,6H,1-2H2;1,3H,2,4H2;1H3;2*1H4;3*1H;/q;;;;;;;;;;+3/p-3. The number of hydrogen-bond donors (Lipinski definition) is 2. The first kappa shape index (κ1) is 47.7. The summed E-state index contributed by atoms with van der Waals surface area (Å²) in [7, 11) is 0. The van der Waals surface area contributed by atoms with Gasteiger partial charge in [-0.15, -0.1) is 22.7 Å². The van der Waals surface area contributed by atoms with E-state index in [0.29, 0.717) is 11.6 Å². The van der Waals surface area contributed by atoms with Gasteiger partial charge in [0.2, 0.25) is 0 Å². The molecule has 250 valence electrons. The molecule has 2 aromatic heterocycles. The topological polar surface area (TPSA) is 171 Å². The quantitative estimate of drug-likeness (QED) is 0.209. The van der Waals surface area contributed by atoms with Crippen LogP contribution in [0.1, 0.15) is 86.4 Å². The van der Waals surface area contributed by atoms with Crippen LogP contribution in [0.25, 0.3) is 0 Å². The molecule has 4 unspecified atom stereocenters. The summed E-state index contributed by atoms with van der Waals surface area (Å²) >= 11 is 15.6. The number of aryl methyl sites for hydroxylation is 2. The molecular weight excluding hydrogens is 1170 g/mol. The summed E-state index contributed by atoms with van der Waals surface area (Å²) in [6.45, 7) is 0. The molecule has 17 heteroatoms. The van der Waals surface area contributed by atoms with Gasteiger partial charge in [0.05, 0.1) is 51.6 Å². The fraction of sp³-hybridized carbons (Fsp3) is 0.536. The Balaban J connectivity index is 0. The Kier molecular flexibility index (Phi) is 28.0. The molecule has 2 aromatic rings. The second-order valence-electron chi connectivity index (χ2n) is 8.92. The number of aliphatic carboxylic acids is 1. The second kappa shape index (κ2) is 26.4. The van der Waals surface area contributed by atoms with Gasteiger partial charge in [0.15, 0.2) is 10.9 Å². The van der Waals surface area contributed by atoms with Gasteiger partial charge < -0.3 is 10.8 Å². The monoisotopic (exact) mass is 1210 g/mol. The Labute approximate surface area is 334 Å². The molecule has 4 atom stereocenters. The molecule has 0 aromatic carbocycles. The van der Waals surface area contributed by atoms with Crippen LogP contribution in [-0.4, -0.2) is 42.4 Å². The zero-order valence-electron chi connectivity index (χ0n) is 22.9. The SMILES string of the molecule is C.C.CI.N#CC1CCC(=O)C1Br.N#CC1CCc2nc(N)sc21.O=C(O)C1CCc2ncsc21.O=C1C=CCC1.[I][V]([I])[I]. The Bertz CT molecular complexity index is 1330. The first-order chi connectivity index (χ1) is 20.5. The van der Waals surface area contributed by atoms with Crippen LogP contribution in [0.2, 0.25) is 0 Å². The first-order valence-electron chi connectivity index (χ1n) is 12.7. The van der Waals surface area contributed by atoms with E-state index >= 15 is 0 Å². The average Bonchev–Trinajstić information content (AvgIpc) is 3.80. The molecular formula is C28H37BrI4N5O4S2V. The molecule has 1 saturated carbocycles. The van der Waals surface area contributed by atoms with E-state index in [1.807, 2.05) is 11.0 Å². The number of carbonyl (C=O) groups excluding carboxylic acids is 2. The van der Waals surface area contributed by atoms with Gasteiger partial charge in [-0.05, 0) is 49.5 Å². The zero-order chi connectivity index (χ0) is 32.5. The van der Waals surface area contributed by atoms with Crippen LogP contribution in [-0.2, 0) is 32.1 Å². The number of halogens is 5. The van der Waals surface area contributed by atoms with E-state index < -0.39 is 5.97 Å². The van der Waals surface area contributed by atoms with E-state index in [-0.39, 0.29) is 53.9 Å². The van der Waals surface area contributed by atoms with Crippen LogP contribution >= 0.6 is 121 Å². The molecule has 0 radical (unpaired) electrons. The van der Waals surface area contributed by atoms with Crippen LogP contribution in [0, 0.1) is 28.6 Å². The number of nitrogens with zero attached hydrogens (tertiary/aromatic N) is 4. The van der Waals surface area contributed by atoms with Gasteiger partial charge >= 0.3 is 70.8 Å². The molecule has 0 bridgehead atoms. The average molecular weight is 1210 g/mol. The van der Waals surface area contributed by atoms with Crippen molar-refractivity contribution in [1.29, 1.82) is 10.5 Å². The van der Waals surface area contributed by atoms with Gasteiger partial charge in [0.1, 0.15) is 5.78 Å². The van der Waals surface area contributed by atoms with Crippen molar-refractivity contribution in [3.8, 4) is 12.1 Å². The molecule has 45 heavy (non-hydrogen) atoms. The molecule has 0 spiro atoms. The van der Waals surface area contributed by atoms with Gasteiger partial charge in [0, 0.05) is 22.6 Å². The molecule has 1 fully saturated rings. The number of nitrogens with two attached hydrogens (primary N) is 1. The fourth-order valence-electron chi connectivity index (χ4n) is 4.23. The molecule has 0 saturated heterocycles. The van der Waals surface area contributed by atoms with Crippen molar-refractivity contribution in [3.63, 3.8) is 0 Å². The normalized spacial score (nSPS) is 20.9. The first-order valence-corrected chi connectivity index (χ1v) is 31.0. The molecule has 4 aliphatic rings. The molecule has 0 amide bonds. The third-order valence-electron chi connectivity index (χ3n) is 6.23. The van der Waals surface area contributed by atoms with E-state index in [2.05, 4.69) is 121 Å². The molecule has 9 nitrogen and oxygen atoms in total. The summed E-state index contributed by atoms with van der Waals surface area (Å²) < 4.78 is 0. The predicted molar refractivity (Wildman–Crippen MR) is 219 cm³/mol.